The molecule has 0 bridgehead atoms. The van der Waals surface area contributed by atoms with Crippen molar-refractivity contribution < 1.29 is 15.0 Å². The van der Waals surface area contributed by atoms with Gasteiger partial charge in [-0.25, -0.2) is 0 Å². The number of rotatable bonds is 4. The van der Waals surface area contributed by atoms with E-state index in [1.165, 1.54) is 10.6 Å². The fourth-order valence-corrected chi connectivity index (χ4v) is 3.81. The Hall–Kier alpha value is -3.64. The number of carbonyl (C=O) groups is 1. The molecule has 0 radical (unpaired) electrons. The molecular weight excluding hydrogens is 368 g/mol. The van der Waals surface area contributed by atoms with Crippen LogP contribution in [0.4, 0.5) is 0 Å². The molecule has 0 fully saturated rings. The third kappa shape index (κ3) is 3.03. The van der Waals surface area contributed by atoms with Crippen molar-refractivity contribution in [2.75, 3.05) is 0 Å². The summed E-state index contributed by atoms with van der Waals surface area (Å²) in [6.07, 6.45) is -0.233. The van der Waals surface area contributed by atoms with E-state index in [0.29, 0.717) is 16.5 Å². The van der Waals surface area contributed by atoms with Crippen LogP contribution in [0.25, 0.3) is 21.7 Å². The Labute approximate surface area is 166 Å². The van der Waals surface area contributed by atoms with E-state index in [1.807, 2.05) is 24.3 Å². The van der Waals surface area contributed by atoms with Gasteiger partial charge in [-0.1, -0.05) is 42.5 Å². The average molecular weight is 388 g/mol. The lowest BCUT2D eigenvalue weighted by Crippen LogP contribution is -2.23. The molecule has 0 saturated carbocycles. The number of hydrogen-bond donors (Lipinski definition) is 3. The number of phenolic OH excluding ortho intramolecular Hbond substituents is 1. The first kappa shape index (κ1) is 18.7. The van der Waals surface area contributed by atoms with Crippen LogP contribution in [0.5, 0.6) is 11.6 Å². The number of nitrogens with two attached hydrogens (primary N) is 1. The van der Waals surface area contributed by atoms with Crippen LogP contribution in [-0.2, 0) is 7.05 Å². The zero-order chi connectivity index (χ0) is 20.7. The van der Waals surface area contributed by atoms with E-state index >= 15 is 0 Å². The first-order valence-corrected chi connectivity index (χ1v) is 9.20. The van der Waals surface area contributed by atoms with Crippen LogP contribution in [0.2, 0.25) is 0 Å². The molecule has 29 heavy (non-hydrogen) atoms. The van der Waals surface area contributed by atoms with Crippen molar-refractivity contribution in [3.8, 4) is 11.6 Å². The summed E-state index contributed by atoms with van der Waals surface area (Å²) in [7, 11) is 1.59. The van der Waals surface area contributed by atoms with Gasteiger partial charge in [0.2, 0.25) is 11.3 Å². The van der Waals surface area contributed by atoms with Crippen molar-refractivity contribution >= 4 is 27.5 Å². The molecule has 6 nitrogen and oxygen atoms in total. The first-order chi connectivity index (χ1) is 13.9. The predicted octanol–water partition coefficient (Wildman–Crippen LogP) is 3.38. The van der Waals surface area contributed by atoms with Crippen molar-refractivity contribution in [1.29, 1.82) is 0 Å². The van der Waals surface area contributed by atoms with Crippen LogP contribution in [0.3, 0.4) is 0 Å². The zero-order valence-corrected chi connectivity index (χ0v) is 15.8. The minimum absolute atomic E-state index is 0.0142. The van der Waals surface area contributed by atoms with Crippen molar-refractivity contribution in [2.45, 2.75) is 12.5 Å². The Balaban J connectivity index is 1.78. The van der Waals surface area contributed by atoms with Gasteiger partial charge in [-0.3, -0.25) is 9.59 Å². The SMILES string of the molecule is Cn1c(O)c(C(=O)CC(N)c2c(O)ccc3ccccc23)c(=O)c2ccccc21. The number of phenols is 1. The number of ketones is 1. The van der Waals surface area contributed by atoms with Gasteiger partial charge in [-0.2, -0.15) is 0 Å². The maximum absolute atomic E-state index is 13.0. The van der Waals surface area contributed by atoms with Gasteiger partial charge in [-0.05, 0) is 29.0 Å². The number of aromatic nitrogens is 1. The highest BCUT2D eigenvalue weighted by Gasteiger charge is 2.25. The quantitative estimate of drug-likeness (QED) is 0.465. The topological polar surface area (TPSA) is 106 Å². The van der Waals surface area contributed by atoms with E-state index < -0.39 is 23.1 Å². The summed E-state index contributed by atoms with van der Waals surface area (Å²) in [5, 5.41) is 22.8. The maximum Gasteiger partial charge on any atom is 0.206 e. The Morgan fingerprint density at radius 2 is 1.66 bits per heavy atom. The lowest BCUT2D eigenvalue weighted by Gasteiger charge is -2.17. The van der Waals surface area contributed by atoms with E-state index in [2.05, 4.69) is 0 Å². The second-order valence-corrected chi connectivity index (χ2v) is 7.06. The standard InChI is InChI=1S/C23H20N2O4/c1-25-17-9-5-4-8-15(17)22(28)21(23(25)29)19(27)12-16(24)20-14-7-3-2-6-13(14)10-11-18(20)26/h2-11,16,26,29H,12,24H2,1H3. The number of nitrogens with zero attached hydrogens (tertiary/aromatic N) is 1. The fraction of sp³-hybridized carbons (Fsp3) is 0.130. The van der Waals surface area contributed by atoms with Crippen LogP contribution in [0.1, 0.15) is 28.4 Å². The van der Waals surface area contributed by atoms with Gasteiger partial charge in [0.1, 0.15) is 11.3 Å². The Morgan fingerprint density at radius 1 is 1.00 bits per heavy atom. The highest BCUT2D eigenvalue weighted by Crippen LogP contribution is 2.33. The minimum atomic E-state index is -0.843. The van der Waals surface area contributed by atoms with E-state index in [0.717, 1.165) is 10.8 Å². The van der Waals surface area contributed by atoms with E-state index in [9.17, 15) is 19.8 Å². The van der Waals surface area contributed by atoms with E-state index in [-0.39, 0.29) is 17.7 Å². The molecule has 4 rings (SSSR count). The van der Waals surface area contributed by atoms with Crippen LogP contribution >= 0.6 is 0 Å². The van der Waals surface area contributed by atoms with Crippen LogP contribution in [0, 0.1) is 0 Å². The highest BCUT2D eigenvalue weighted by atomic mass is 16.3. The van der Waals surface area contributed by atoms with Crippen molar-refractivity contribution in [3.63, 3.8) is 0 Å². The molecule has 4 N–H and O–H groups in total. The van der Waals surface area contributed by atoms with Crippen LogP contribution < -0.4 is 11.2 Å². The first-order valence-electron chi connectivity index (χ1n) is 9.20. The zero-order valence-electron chi connectivity index (χ0n) is 15.8. The second kappa shape index (κ2) is 7.07. The molecule has 1 aromatic heterocycles. The van der Waals surface area contributed by atoms with Gasteiger partial charge in [-0.15, -0.1) is 0 Å². The number of aryl methyl sites for hydroxylation is 1. The van der Waals surface area contributed by atoms with E-state index in [1.54, 1.807) is 37.4 Å². The number of carbonyl (C=O) groups excluding carboxylic acids is 1. The summed E-state index contributed by atoms with van der Waals surface area (Å²) in [6.45, 7) is 0. The van der Waals surface area contributed by atoms with E-state index in [4.69, 9.17) is 5.73 Å². The second-order valence-electron chi connectivity index (χ2n) is 7.06. The summed E-state index contributed by atoms with van der Waals surface area (Å²) in [4.78, 5) is 25.8. The Bertz CT molecular complexity index is 1320. The molecule has 0 aliphatic carbocycles. The van der Waals surface area contributed by atoms with Crippen molar-refractivity contribution in [2.24, 2.45) is 12.8 Å². The Morgan fingerprint density at radius 3 is 2.41 bits per heavy atom. The lowest BCUT2D eigenvalue weighted by atomic mass is 9.93. The number of para-hydroxylation sites is 1. The third-order valence-electron chi connectivity index (χ3n) is 5.28. The molecule has 0 spiro atoms. The van der Waals surface area contributed by atoms with Gasteiger partial charge in [0, 0.05) is 30.5 Å². The number of benzene rings is 3. The smallest absolute Gasteiger partial charge is 0.206 e. The molecule has 1 heterocycles. The molecule has 0 aliphatic rings. The molecule has 6 heteroatoms. The molecule has 0 saturated heterocycles. The van der Waals surface area contributed by atoms with Crippen molar-refractivity contribution in [1.82, 2.24) is 4.57 Å². The summed E-state index contributed by atoms with van der Waals surface area (Å²) in [6, 6.07) is 16.6. The molecule has 4 aromatic rings. The van der Waals surface area contributed by atoms with Gasteiger partial charge < -0.3 is 20.5 Å². The predicted molar refractivity (Wildman–Crippen MR) is 112 cm³/mol. The number of fused-ring (bicyclic) bond motifs is 2. The fourth-order valence-electron chi connectivity index (χ4n) is 3.81. The summed E-state index contributed by atoms with van der Waals surface area (Å²) >= 11 is 0. The number of aromatic hydroxyl groups is 2. The molecule has 3 aromatic carbocycles. The summed E-state index contributed by atoms with van der Waals surface area (Å²) in [5.74, 6) is -0.985. The highest BCUT2D eigenvalue weighted by molar-refractivity contribution is 6.02. The largest absolute Gasteiger partial charge is 0.508 e. The molecule has 1 unspecified atom stereocenters. The maximum atomic E-state index is 13.0. The third-order valence-corrected chi connectivity index (χ3v) is 5.28. The number of pyridine rings is 1. The molecule has 146 valence electrons. The van der Waals surface area contributed by atoms with Gasteiger partial charge in [0.05, 0.1) is 5.52 Å². The van der Waals surface area contributed by atoms with Gasteiger partial charge >= 0.3 is 0 Å². The lowest BCUT2D eigenvalue weighted by molar-refractivity contribution is 0.0969. The number of Topliss-reactive ketones (excluding diaryl/α,β-unsaturated/α-hetero) is 1. The van der Waals surface area contributed by atoms with Crippen molar-refractivity contribution in [3.05, 3.63) is 82.0 Å². The molecular formula is C23H20N2O4. The normalized spacial score (nSPS) is 12.3. The van der Waals surface area contributed by atoms with Gasteiger partial charge in [0.25, 0.3) is 0 Å². The Kier molecular flexibility index (Phi) is 4.56. The monoisotopic (exact) mass is 388 g/mol. The number of hydrogen-bond acceptors (Lipinski definition) is 5. The molecule has 1 atom stereocenters. The average Bonchev–Trinajstić information content (AvgIpc) is 2.72. The van der Waals surface area contributed by atoms with Crippen LogP contribution in [0.15, 0.2) is 65.5 Å². The summed E-state index contributed by atoms with van der Waals surface area (Å²) in [5.41, 5.74) is 6.43. The molecule has 0 amide bonds. The van der Waals surface area contributed by atoms with Crippen LogP contribution in [-0.4, -0.2) is 20.6 Å². The summed E-state index contributed by atoms with van der Waals surface area (Å²) < 4.78 is 1.41. The molecule has 0 aliphatic heterocycles. The minimum Gasteiger partial charge on any atom is -0.508 e. The van der Waals surface area contributed by atoms with Gasteiger partial charge in [0.15, 0.2) is 5.78 Å².